The van der Waals surface area contributed by atoms with E-state index in [0.29, 0.717) is 0 Å². The Bertz CT molecular complexity index is 266. The van der Waals surface area contributed by atoms with Crippen LogP contribution in [0.4, 0.5) is 0 Å². The van der Waals surface area contributed by atoms with Crippen LogP contribution in [-0.2, 0) is 6.54 Å². The van der Waals surface area contributed by atoms with Gasteiger partial charge in [-0.05, 0) is 5.56 Å². The van der Waals surface area contributed by atoms with Crippen molar-refractivity contribution in [3.05, 3.63) is 42.4 Å². The summed E-state index contributed by atoms with van der Waals surface area (Å²) in [6, 6.07) is 10.4. The van der Waals surface area contributed by atoms with Crippen molar-refractivity contribution in [1.29, 1.82) is 0 Å². The van der Waals surface area contributed by atoms with Crippen molar-refractivity contribution in [1.82, 2.24) is 4.90 Å². The lowest BCUT2D eigenvalue weighted by molar-refractivity contribution is 0.477. The molecule has 60 valence electrons. The van der Waals surface area contributed by atoms with Crippen LogP contribution in [0.5, 0.6) is 0 Å². The van der Waals surface area contributed by atoms with E-state index in [4.69, 9.17) is 0 Å². The molecule has 0 amide bonds. The fourth-order valence-electron chi connectivity index (χ4n) is 1.21. The normalized spacial score (nSPS) is 15.5. The minimum atomic E-state index is 0.814. The Hall–Kier alpha value is -1.31. The fourth-order valence-corrected chi connectivity index (χ4v) is 1.21. The van der Waals surface area contributed by atoms with Gasteiger partial charge >= 0.3 is 0 Å². The van der Waals surface area contributed by atoms with Gasteiger partial charge in [0.05, 0.1) is 6.34 Å². The first-order valence-corrected chi connectivity index (χ1v) is 3.99. The van der Waals surface area contributed by atoms with E-state index in [0.717, 1.165) is 13.1 Å². The van der Waals surface area contributed by atoms with Crippen LogP contribution in [0.3, 0.4) is 0 Å². The molecule has 0 unspecified atom stereocenters. The van der Waals surface area contributed by atoms with Crippen LogP contribution in [0.15, 0.2) is 35.3 Å². The summed E-state index contributed by atoms with van der Waals surface area (Å²) in [4.78, 5) is 6.03. The highest BCUT2D eigenvalue weighted by atomic mass is 15.2. The molecule has 0 atom stereocenters. The topological polar surface area (TPSA) is 15.6 Å². The van der Waals surface area contributed by atoms with Gasteiger partial charge in [-0.1, -0.05) is 30.3 Å². The molecule has 0 spiro atoms. The molecule has 0 aromatic heterocycles. The van der Waals surface area contributed by atoms with Crippen molar-refractivity contribution < 1.29 is 0 Å². The van der Waals surface area contributed by atoms with Gasteiger partial charge in [-0.25, -0.2) is 0 Å². The third kappa shape index (κ3) is 1.64. The maximum Gasteiger partial charge on any atom is 0.139 e. The predicted molar refractivity (Wildman–Crippen MR) is 48.6 cm³/mol. The number of benzene rings is 1. The molecule has 2 nitrogen and oxygen atoms in total. The van der Waals surface area contributed by atoms with Crippen molar-refractivity contribution in [2.45, 2.75) is 6.54 Å². The Morgan fingerprint density at radius 1 is 1.33 bits per heavy atom. The van der Waals surface area contributed by atoms with E-state index in [9.17, 15) is 0 Å². The zero-order valence-electron chi connectivity index (χ0n) is 6.77. The van der Waals surface area contributed by atoms with E-state index in [1.54, 1.807) is 0 Å². The Morgan fingerprint density at radius 3 is 2.83 bits per heavy atom. The smallest absolute Gasteiger partial charge is 0.139 e. The first-order valence-electron chi connectivity index (χ1n) is 3.99. The van der Waals surface area contributed by atoms with E-state index < -0.39 is 0 Å². The molecule has 1 aromatic rings. The van der Waals surface area contributed by atoms with Crippen molar-refractivity contribution >= 4 is 6.34 Å². The summed E-state index contributed by atoms with van der Waals surface area (Å²) in [6.45, 7) is 4.63. The summed E-state index contributed by atoms with van der Waals surface area (Å²) in [7, 11) is 0. The average Bonchev–Trinajstić information content (AvgIpc) is 2.59. The van der Waals surface area contributed by atoms with Gasteiger partial charge in [0.25, 0.3) is 0 Å². The molecule has 0 N–H and O–H groups in total. The van der Waals surface area contributed by atoms with Gasteiger partial charge in [-0.2, -0.15) is 0 Å². The minimum Gasteiger partial charge on any atom is -0.356 e. The summed E-state index contributed by atoms with van der Waals surface area (Å²) in [5.74, 6) is 0. The Labute approximate surface area is 72.5 Å². The molecule has 1 heterocycles. The highest BCUT2D eigenvalue weighted by molar-refractivity contribution is 5.58. The Morgan fingerprint density at radius 2 is 2.17 bits per heavy atom. The third-order valence-electron chi connectivity index (χ3n) is 1.81. The molecular formula is C10H10N2. The zero-order valence-corrected chi connectivity index (χ0v) is 6.77. The Balaban J connectivity index is 1.99. The number of hydrogen-bond acceptors (Lipinski definition) is 2. The largest absolute Gasteiger partial charge is 0.356 e. The zero-order chi connectivity index (χ0) is 8.23. The number of nitrogens with zero attached hydrogens (tertiary/aromatic N) is 2. The van der Waals surface area contributed by atoms with Crippen LogP contribution in [-0.4, -0.2) is 17.8 Å². The second kappa shape index (κ2) is 3.39. The summed E-state index contributed by atoms with van der Waals surface area (Å²) in [5.41, 5.74) is 1.31. The van der Waals surface area contributed by atoms with Gasteiger partial charge in [0.15, 0.2) is 0 Å². The van der Waals surface area contributed by atoms with Crippen LogP contribution in [0, 0.1) is 6.54 Å². The van der Waals surface area contributed by atoms with Crippen LogP contribution in [0.1, 0.15) is 5.56 Å². The monoisotopic (exact) mass is 158 g/mol. The van der Waals surface area contributed by atoms with E-state index >= 15 is 0 Å². The fraction of sp³-hybridized carbons (Fsp3) is 0.200. The van der Waals surface area contributed by atoms with Crippen molar-refractivity contribution in [2.75, 3.05) is 6.54 Å². The second-order valence-corrected chi connectivity index (χ2v) is 2.79. The lowest BCUT2D eigenvalue weighted by atomic mass is 10.2. The van der Waals surface area contributed by atoms with Gasteiger partial charge in [0.2, 0.25) is 0 Å². The molecular weight excluding hydrogens is 148 g/mol. The molecule has 1 aliphatic heterocycles. The standard InChI is InChI=1S/C10H10N2/c1-2-4-10(5-3-1)8-12-7-6-11-9-12/h1-5,9H,7-8H2. The summed E-state index contributed by atoms with van der Waals surface area (Å²) < 4.78 is 0. The van der Waals surface area contributed by atoms with Gasteiger partial charge in [-0.15, -0.1) is 0 Å². The second-order valence-electron chi connectivity index (χ2n) is 2.79. The van der Waals surface area contributed by atoms with E-state index in [2.05, 4.69) is 40.7 Å². The van der Waals surface area contributed by atoms with Crippen molar-refractivity contribution in [3.63, 3.8) is 0 Å². The lowest BCUT2D eigenvalue weighted by Crippen LogP contribution is -2.17. The van der Waals surface area contributed by atoms with Crippen LogP contribution < -0.4 is 0 Å². The Kier molecular flexibility index (Phi) is 2.08. The highest BCUT2D eigenvalue weighted by Crippen LogP contribution is 2.06. The molecule has 0 saturated heterocycles. The first-order chi connectivity index (χ1) is 5.95. The number of aliphatic imine (C=N–C) groups is 1. The number of hydrogen-bond donors (Lipinski definition) is 0. The molecule has 0 fully saturated rings. The number of rotatable bonds is 2. The van der Waals surface area contributed by atoms with Gasteiger partial charge < -0.3 is 4.90 Å². The minimum absolute atomic E-state index is 0.814. The quantitative estimate of drug-likeness (QED) is 0.638. The first kappa shape index (κ1) is 7.35. The van der Waals surface area contributed by atoms with Gasteiger partial charge in [0, 0.05) is 13.1 Å². The van der Waals surface area contributed by atoms with Crippen LogP contribution in [0.25, 0.3) is 0 Å². The third-order valence-corrected chi connectivity index (χ3v) is 1.81. The average molecular weight is 158 g/mol. The van der Waals surface area contributed by atoms with Gasteiger partial charge in [-0.3, -0.25) is 4.99 Å². The summed E-state index contributed by atoms with van der Waals surface area (Å²) in [5, 5.41) is 0. The van der Waals surface area contributed by atoms with Crippen molar-refractivity contribution in [2.24, 2.45) is 4.99 Å². The maximum atomic E-state index is 3.91. The van der Waals surface area contributed by atoms with Crippen molar-refractivity contribution in [3.8, 4) is 0 Å². The SMILES string of the molecule is [C]1CN(Cc2ccccc2)C=N1. The molecule has 2 heteroatoms. The van der Waals surface area contributed by atoms with Crippen LogP contribution in [0.2, 0.25) is 0 Å². The molecule has 2 radical (unpaired) electrons. The molecule has 2 rings (SSSR count). The van der Waals surface area contributed by atoms with E-state index in [-0.39, 0.29) is 0 Å². The summed E-state index contributed by atoms with van der Waals surface area (Å²) >= 11 is 0. The van der Waals surface area contributed by atoms with E-state index in [1.807, 2.05) is 12.4 Å². The molecule has 1 aromatic carbocycles. The molecule has 0 bridgehead atoms. The van der Waals surface area contributed by atoms with Crippen LogP contribution >= 0.6 is 0 Å². The molecule has 0 aliphatic carbocycles. The lowest BCUT2D eigenvalue weighted by Gasteiger charge is -2.12. The predicted octanol–water partition coefficient (Wildman–Crippen LogP) is 1.57. The molecule has 0 saturated carbocycles. The maximum absolute atomic E-state index is 3.91. The van der Waals surface area contributed by atoms with Gasteiger partial charge in [0.1, 0.15) is 6.54 Å². The molecule has 12 heavy (non-hydrogen) atoms. The summed E-state index contributed by atoms with van der Waals surface area (Å²) in [6.07, 6.45) is 1.83. The highest BCUT2D eigenvalue weighted by Gasteiger charge is 2.05. The van der Waals surface area contributed by atoms with E-state index in [1.165, 1.54) is 5.56 Å². The molecule has 1 aliphatic rings.